The molecule has 0 radical (unpaired) electrons. The molecular formula is C12H15N3O2. The lowest BCUT2D eigenvalue weighted by Crippen LogP contribution is -2.24. The molecule has 17 heavy (non-hydrogen) atoms. The van der Waals surface area contributed by atoms with Crippen molar-refractivity contribution in [1.82, 2.24) is 9.55 Å². The first-order valence-corrected chi connectivity index (χ1v) is 5.48. The van der Waals surface area contributed by atoms with Gasteiger partial charge in [-0.2, -0.15) is 4.98 Å². The molecular weight excluding hydrogens is 218 g/mol. The number of nitrogens with zero attached hydrogens (tertiary/aromatic N) is 2. The van der Waals surface area contributed by atoms with Crippen molar-refractivity contribution in [3.8, 4) is 6.01 Å². The molecule has 0 fully saturated rings. The van der Waals surface area contributed by atoms with Gasteiger partial charge in [0.15, 0.2) is 0 Å². The van der Waals surface area contributed by atoms with Gasteiger partial charge in [-0.3, -0.25) is 4.79 Å². The van der Waals surface area contributed by atoms with Gasteiger partial charge in [-0.1, -0.05) is 0 Å². The number of hydrogen-bond donors (Lipinski definition) is 1. The molecule has 0 atom stereocenters. The van der Waals surface area contributed by atoms with Crippen LogP contribution in [0.15, 0.2) is 33.8 Å². The van der Waals surface area contributed by atoms with Crippen LogP contribution in [-0.2, 0) is 0 Å². The van der Waals surface area contributed by atoms with Crippen molar-refractivity contribution in [2.45, 2.75) is 26.8 Å². The fourth-order valence-corrected chi connectivity index (χ4v) is 1.52. The zero-order valence-electron chi connectivity index (χ0n) is 10.1. The van der Waals surface area contributed by atoms with Gasteiger partial charge < -0.3 is 9.73 Å². The molecule has 90 valence electrons. The standard InChI is InChI=1S/C12H15N3O2/c1-8(2)13-10-5-4-6-15(11(10)16)12-14-9(3)7-17-12/h4-8,13H,1-3H3. The fraction of sp³-hybridized carbons (Fsp3) is 0.333. The van der Waals surface area contributed by atoms with Crippen LogP contribution in [0.3, 0.4) is 0 Å². The van der Waals surface area contributed by atoms with Gasteiger partial charge in [0.2, 0.25) is 0 Å². The van der Waals surface area contributed by atoms with Crippen LogP contribution < -0.4 is 10.9 Å². The van der Waals surface area contributed by atoms with E-state index >= 15 is 0 Å². The minimum absolute atomic E-state index is 0.164. The largest absolute Gasteiger partial charge is 0.431 e. The Balaban J connectivity index is 2.46. The first kappa shape index (κ1) is 11.4. The summed E-state index contributed by atoms with van der Waals surface area (Å²) in [6, 6.07) is 4.02. The van der Waals surface area contributed by atoms with Crippen LogP contribution in [0.5, 0.6) is 0 Å². The van der Waals surface area contributed by atoms with Crippen molar-refractivity contribution in [3.05, 3.63) is 40.6 Å². The molecule has 0 aromatic carbocycles. The normalized spacial score (nSPS) is 10.8. The zero-order valence-corrected chi connectivity index (χ0v) is 10.1. The van der Waals surface area contributed by atoms with Crippen LogP contribution in [-0.4, -0.2) is 15.6 Å². The summed E-state index contributed by atoms with van der Waals surface area (Å²) in [5.41, 5.74) is 1.12. The topological polar surface area (TPSA) is 60.1 Å². The summed E-state index contributed by atoms with van der Waals surface area (Å²) in [5, 5.41) is 3.09. The van der Waals surface area contributed by atoms with Gasteiger partial charge in [0, 0.05) is 12.2 Å². The number of oxazole rings is 1. The fourth-order valence-electron chi connectivity index (χ4n) is 1.52. The monoisotopic (exact) mass is 233 g/mol. The second-order valence-corrected chi connectivity index (χ2v) is 4.17. The zero-order chi connectivity index (χ0) is 12.4. The number of hydrogen-bond acceptors (Lipinski definition) is 4. The van der Waals surface area contributed by atoms with Crippen molar-refractivity contribution < 1.29 is 4.42 Å². The van der Waals surface area contributed by atoms with Crippen molar-refractivity contribution in [1.29, 1.82) is 0 Å². The number of nitrogens with one attached hydrogen (secondary N) is 1. The summed E-state index contributed by atoms with van der Waals surface area (Å²) in [4.78, 5) is 16.2. The Labute approximate surface area is 99.1 Å². The van der Waals surface area contributed by atoms with Gasteiger partial charge in [0.1, 0.15) is 12.0 Å². The molecule has 0 aliphatic carbocycles. The average Bonchev–Trinajstić information content (AvgIpc) is 2.67. The van der Waals surface area contributed by atoms with Crippen LogP contribution in [0.2, 0.25) is 0 Å². The summed E-state index contributed by atoms with van der Waals surface area (Å²) in [7, 11) is 0. The first-order chi connectivity index (χ1) is 8.08. The SMILES string of the molecule is Cc1coc(-n2cccc(NC(C)C)c2=O)n1. The van der Waals surface area contributed by atoms with Crippen LogP contribution in [0.1, 0.15) is 19.5 Å². The molecule has 0 amide bonds. The Bertz CT molecular complexity index is 569. The quantitative estimate of drug-likeness (QED) is 0.880. The molecule has 0 spiro atoms. The maximum Gasteiger partial charge on any atom is 0.308 e. The molecule has 0 aliphatic heterocycles. The second kappa shape index (κ2) is 4.45. The third-order valence-corrected chi connectivity index (χ3v) is 2.20. The molecule has 2 aromatic rings. The Morgan fingerprint density at radius 2 is 2.24 bits per heavy atom. The Kier molecular flexibility index (Phi) is 2.99. The van der Waals surface area contributed by atoms with Crippen LogP contribution in [0.4, 0.5) is 5.69 Å². The predicted molar refractivity (Wildman–Crippen MR) is 65.6 cm³/mol. The third-order valence-electron chi connectivity index (χ3n) is 2.20. The van der Waals surface area contributed by atoms with Crippen molar-refractivity contribution in [2.75, 3.05) is 5.32 Å². The number of pyridine rings is 1. The minimum atomic E-state index is -0.164. The lowest BCUT2D eigenvalue weighted by molar-refractivity contribution is 0.522. The number of aromatic nitrogens is 2. The molecule has 0 bridgehead atoms. The van der Waals surface area contributed by atoms with E-state index < -0.39 is 0 Å². The Hall–Kier alpha value is -2.04. The highest BCUT2D eigenvalue weighted by atomic mass is 16.4. The molecule has 2 heterocycles. The predicted octanol–water partition coefficient (Wildman–Crippen LogP) is 1.95. The molecule has 0 aliphatic rings. The lowest BCUT2D eigenvalue weighted by Gasteiger charge is -2.10. The summed E-state index contributed by atoms with van der Waals surface area (Å²) < 4.78 is 6.60. The maximum atomic E-state index is 12.1. The van der Waals surface area contributed by atoms with E-state index in [0.717, 1.165) is 5.69 Å². The lowest BCUT2D eigenvalue weighted by atomic mass is 10.3. The van der Waals surface area contributed by atoms with E-state index in [2.05, 4.69) is 10.3 Å². The summed E-state index contributed by atoms with van der Waals surface area (Å²) in [5.74, 6) is 0. The summed E-state index contributed by atoms with van der Waals surface area (Å²) in [6.45, 7) is 5.77. The van der Waals surface area contributed by atoms with E-state index in [-0.39, 0.29) is 11.6 Å². The molecule has 2 aromatic heterocycles. The van der Waals surface area contributed by atoms with Gasteiger partial charge in [0.05, 0.1) is 5.69 Å². The summed E-state index contributed by atoms with van der Waals surface area (Å²) in [6.07, 6.45) is 3.16. The minimum Gasteiger partial charge on any atom is -0.431 e. The first-order valence-electron chi connectivity index (χ1n) is 5.48. The van der Waals surface area contributed by atoms with Crippen LogP contribution >= 0.6 is 0 Å². The van der Waals surface area contributed by atoms with E-state index in [1.807, 2.05) is 20.8 Å². The highest BCUT2D eigenvalue weighted by Gasteiger charge is 2.09. The van der Waals surface area contributed by atoms with Gasteiger partial charge in [-0.05, 0) is 32.9 Å². The molecule has 2 rings (SSSR count). The Morgan fingerprint density at radius 1 is 1.47 bits per heavy atom. The van der Waals surface area contributed by atoms with Gasteiger partial charge in [-0.15, -0.1) is 0 Å². The third kappa shape index (κ3) is 2.38. The van der Waals surface area contributed by atoms with E-state index in [9.17, 15) is 4.79 Å². The van der Waals surface area contributed by atoms with Gasteiger partial charge in [0.25, 0.3) is 5.56 Å². The number of aryl methyl sites for hydroxylation is 1. The van der Waals surface area contributed by atoms with Crippen molar-refractivity contribution in [3.63, 3.8) is 0 Å². The molecule has 5 heteroatoms. The highest BCUT2D eigenvalue weighted by molar-refractivity contribution is 5.42. The van der Waals surface area contributed by atoms with E-state index in [0.29, 0.717) is 11.7 Å². The molecule has 1 N–H and O–H groups in total. The van der Waals surface area contributed by atoms with Crippen molar-refractivity contribution in [2.24, 2.45) is 0 Å². The van der Waals surface area contributed by atoms with E-state index in [1.165, 1.54) is 10.8 Å². The molecule has 5 nitrogen and oxygen atoms in total. The van der Waals surface area contributed by atoms with Gasteiger partial charge >= 0.3 is 6.01 Å². The molecule has 0 saturated carbocycles. The number of anilines is 1. The molecule has 0 saturated heterocycles. The van der Waals surface area contributed by atoms with E-state index in [4.69, 9.17) is 4.42 Å². The second-order valence-electron chi connectivity index (χ2n) is 4.17. The Morgan fingerprint density at radius 3 is 2.82 bits per heavy atom. The summed E-state index contributed by atoms with van der Waals surface area (Å²) >= 11 is 0. The highest BCUT2D eigenvalue weighted by Crippen LogP contribution is 2.07. The average molecular weight is 233 g/mol. The smallest absolute Gasteiger partial charge is 0.308 e. The van der Waals surface area contributed by atoms with Crippen molar-refractivity contribution >= 4 is 5.69 Å². The van der Waals surface area contributed by atoms with Crippen LogP contribution in [0.25, 0.3) is 6.01 Å². The maximum absolute atomic E-state index is 12.1. The molecule has 0 unspecified atom stereocenters. The van der Waals surface area contributed by atoms with Gasteiger partial charge in [-0.25, -0.2) is 4.57 Å². The van der Waals surface area contributed by atoms with Crippen LogP contribution in [0, 0.1) is 6.92 Å². The number of rotatable bonds is 3. The van der Waals surface area contributed by atoms with E-state index in [1.54, 1.807) is 18.3 Å².